The molecule has 1 aromatic heterocycles. The fraction of sp³-hybridized carbons (Fsp3) is 0.174. The smallest absolute Gasteiger partial charge is 0.250 e. The lowest BCUT2D eigenvalue weighted by Crippen LogP contribution is -2.19. The molecule has 0 spiro atoms. The Kier molecular flexibility index (Phi) is 7.73. The fourth-order valence-electron chi connectivity index (χ4n) is 2.67. The number of aromatic nitrogens is 2. The molecule has 2 aromatic carbocycles. The molecule has 3 aromatic rings. The number of nitriles is 1. The molecule has 0 atom stereocenters. The Morgan fingerprint density at radius 1 is 1.16 bits per heavy atom. The van der Waals surface area contributed by atoms with Gasteiger partial charge < -0.3 is 4.74 Å². The molecule has 1 amide bonds. The lowest BCUT2D eigenvalue weighted by Gasteiger charge is -2.07. The highest BCUT2D eigenvalue weighted by Gasteiger charge is 2.05. The Labute approximate surface area is 185 Å². The maximum atomic E-state index is 12.0. The van der Waals surface area contributed by atoms with Crippen LogP contribution in [0.2, 0.25) is 0 Å². The molecule has 0 fully saturated rings. The van der Waals surface area contributed by atoms with Crippen LogP contribution in [0, 0.1) is 25.2 Å². The average molecular weight is 432 g/mol. The Balaban J connectivity index is 1.45. The van der Waals surface area contributed by atoms with E-state index in [2.05, 4.69) is 26.6 Å². The summed E-state index contributed by atoms with van der Waals surface area (Å²) in [6.07, 6.45) is 1.56. The molecule has 31 heavy (non-hydrogen) atoms. The SMILES string of the molecule is Cc1cc(C)nc(SCC(=O)N/N=C\c2ccc(OCc3ccccc3C#N)cc2)n1. The number of rotatable bonds is 8. The number of amides is 1. The number of hydrogen-bond acceptors (Lipinski definition) is 7. The van der Waals surface area contributed by atoms with Crippen LogP contribution in [0.3, 0.4) is 0 Å². The quantitative estimate of drug-likeness (QED) is 0.252. The van der Waals surface area contributed by atoms with Crippen LogP contribution >= 0.6 is 11.8 Å². The largest absolute Gasteiger partial charge is 0.489 e. The van der Waals surface area contributed by atoms with Crippen LogP contribution < -0.4 is 10.2 Å². The van der Waals surface area contributed by atoms with Crippen molar-refractivity contribution < 1.29 is 9.53 Å². The number of aryl methyl sites for hydroxylation is 2. The second kappa shape index (κ2) is 10.9. The molecule has 0 aliphatic heterocycles. The topological polar surface area (TPSA) is 100 Å². The predicted octanol–water partition coefficient (Wildman–Crippen LogP) is 3.79. The highest BCUT2D eigenvalue weighted by atomic mass is 32.2. The third kappa shape index (κ3) is 6.94. The zero-order chi connectivity index (χ0) is 22.1. The Hall–Kier alpha value is -3.70. The van der Waals surface area contributed by atoms with Gasteiger partial charge in [0, 0.05) is 17.0 Å². The molecule has 0 aliphatic rings. The van der Waals surface area contributed by atoms with Gasteiger partial charge in [0.05, 0.1) is 23.6 Å². The van der Waals surface area contributed by atoms with Crippen molar-refractivity contribution in [2.75, 3.05) is 5.75 Å². The highest BCUT2D eigenvalue weighted by molar-refractivity contribution is 7.99. The van der Waals surface area contributed by atoms with Gasteiger partial charge in [-0.15, -0.1) is 0 Å². The third-order valence-electron chi connectivity index (χ3n) is 4.11. The molecule has 0 saturated heterocycles. The molecule has 8 heteroatoms. The van der Waals surface area contributed by atoms with Gasteiger partial charge in [-0.2, -0.15) is 10.4 Å². The monoisotopic (exact) mass is 431 g/mol. The Bertz CT molecular complexity index is 1100. The summed E-state index contributed by atoms with van der Waals surface area (Å²) in [6, 6.07) is 18.7. The van der Waals surface area contributed by atoms with E-state index in [1.54, 1.807) is 12.3 Å². The molecule has 0 bridgehead atoms. The first-order chi connectivity index (χ1) is 15.0. The molecule has 1 N–H and O–H groups in total. The molecular formula is C23H21N5O2S. The Morgan fingerprint density at radius 3 is 2.58 bits per heavy atom. The number of carbonyl (C=O) groups excluding carboxylic acids is 1. The number of ether oxygens (including phenoxy) is 1. The lowest BCUT2D eigenvalue weighted by molar-refractivity contribution is -0.118. The van der Waals surface area contributed by atoms with Crippen LogP contribution in [0.25, 0.3) is 0 Å². The second-order valence-corrected chi connectivity index (χ2v) is 7.58. The van der Waals surface area contributed by atoms with Crippen molar-refractivity contribution >= 4 is 23.9 Å². The van der Waals surface area contributed by atoms with E-state index in [0.29, 0.717) is 23.1 Å². The van der Waals surface area contributed by atoms with Crippen LogP contribution in [0.5, 0.6) is 5.75 Å². The van der Waals surface area contributed by atoms with Crippen molar-refractivity contribution in [3.8, 4) is 11.8 Å². The highest BCUT2D eigenvalue weighted by Crippen LogP contribution is 2.16. The van der Waals surface area contributed by atoms with Gasteiger partial charge in [-0.1, -0.05) is 30.0 Å². The van der Waals surface area contributed by atoms with Gasteiger partial charge in [-0.25, -0.2) is 15.4 Å². The van der Waals surface area contributed by atoms with E-state index >= 15 is 0 Å². The number of carbonyl (C=O) groups is 1. The van der Waals surface area contributed by atoms with Crippen molar-refractivity contribution in [1.29, 1.82) is 5.26 Å². The molecule has 0 saturated carbocycles. The van der Waals surface area contributed by atoms with E-state index in [1.165, 1.54) is 11.8 Å². The normalized spacial score (nSPS) is 10.6. The summed E-state index contributed by atoms with van der Waals surface area (Å²) in [5.41, 5.74) is 6.49. The zero-order valence-corrected chi connectivity index (χ0v) is 18.0. The van der Waals surface area contributed by atoms with Gasteiger partial charge in [-0.05, 0) is 55.8 Å². The van der Waals surface area contributed by atoms with E-state index in [1.807, 2.05) is 62.4 Å². The third-order valence-corrected chi connectivity index (χ3v) is 4.96. The van der Waals surface area contributed by atoms with Crippen LogP contribution in [-0.2, 0) is 11.4 Å². The summed E-state index contributed by atoms with van der Waals surface area (Å²) in [4.78, 5) is 20.5. The summed E-state index contributed by atoms with van der Waals surface area (Å²) < 4.78 is 5.74. The first-order valence-corrected chi connectivity index (χ1v) is 10.5. The minimum absolute atomic E-state index is 0.178. The minimum Gasteiger partial charge on any atom is -0.489 e. The molecule has 0 radical (unpaired) electrons. The van der Waals surface area contributed by atoms with Crippen LogP contribution in [0.4, 0.5) is 0 Å². The summed E-state index contributed by atoms with van der Waals surface area (Å²) in [5.74, 6) is 0.621. The van der Waals surface area contributed by atoms with Gasteiger partial charge in [0.25, 0.3) is 5.91 Å². The van der Waals surface area contributed by atoms with E-state index in [9.17, 15) is 4.79 Å². The molecular weight excluding hydrogens is 410 g/mol. The maximum Gasteiger partial charge on any atom is 0.250 e. The first kappa shape index (κ1) is 22.0. The van der Waals surface area contributed by atoms with Crippen LogP contribution in [0.1, 0.15) is 28.1 Å². The van der Waals surface area contributed by atoms with E-state index < -0.39 is 0 Å². The molecule has 1 heterocycles. The molecule has 7 nitrogen and oxygen atoms in total. The molecule has 0 aliphatic carbocycles. The van der Waals surface area contributed by atoms with Crippen molar-refractivity contribution in [3.05, 3.63) is 82.7 Å². The molecule has 156 valence electrons. The van der Waals surface area contributed by atoms with Gasteiger partial charge >= 0.3 is 0 Å². The molecule has 3 rings (SSSR count). The van der Waals surface area contributed by atoms with Crippen molar-refractivity contribution in [2.45, 2.75) is 25.6 Å². The number of nitrogens with zero attached hydrogens (tertiary/aromatic N) is 4. The summed E-state index contributed by atoms with van der Waals surface area (Å²) >= 11 is 1.27. The van der Waals surface area contributed by atoms with Gasteiger partial charge in [0.1, 0.15) is 12.4 Å². The van der Waals surface area contributed by atoms with Gasteiger partial charge in [0.15, 0.2) is 5.16 Å². The lowest BCUT2D eigenvalue weighted by atomic mass is 10.1. The molecule has 0 unspecified atom stereocenters. The van der Waals surface area contributed by atoms with Crippen molar-refractivity contribution in [2.24, 2.45) is 5.10 Å². The minimum atomic E-state index is -0.236. The number of hydrazone groups is 1. The Morgan fingerprint density at radius 2 is 1.87 bits per heavy atom. The zero-order valence-electron chi connectivity index (χ0n) is 17.2. The number of thioether (sulfide) groups is 1. The van der Waals surface area contributed by atoms with Crippen LogP contribution in [-0.4, -0.2) is 27.8 Å². The fourth-order valence-corrected chi connectivity index (χ4v) is 3.41. The first-order valence-electron chi connectivity index (χ1n) is 9.51. The van der Waals surface area contributed by atoms with Crippen LogP contribution in [0.15, 0.2) is 64.9 Å². The summed E-state index contributed by atoms with van der Waals surface area (Å²) in [6.45, 7) is 4.10. The number of benzene rings is 2. The summed E-state index contributed by atoms with van der Waals surface area (Å²) in [7, 11) is 0. The average Bonchev–Trinajstić information content (AvgIpc) is 2.77. The summed E-state index contributed by atoms with van der Waals surface area (Å²) in [5, 5.41) is 13.7. The second-order valence-electron chi connectivity index (χ2n) is 6.64. The predicted molar refractivity (Wildman–Crippen MR) is 120 cm³/mol. The van der Waals surface area contributed by atoms with Gasteiger partial charge in [0.2, 0.25) is 0 Å². The van der Waals surface area contributed by atoms with Crippen molar-refractivity contribution in [3.63, 3.8) is 0 Å². The van der Waals surface area contributed by atoms with Gasteiger partial charge in [-0.3, -0.25) is 4.79 Å². The van der Waals surface area contributed by atoms with E-state index in [0.717, 1.165) is 22.5 Å². The standard InChI is InChI=1S/C23H21N5O2S/c1-16-11-17(2)27-23(26-16)31-15-22(29)28-25-13-18-7-9-21(10-8-18)30-14-20-6-4-3-5-19(20)12-24/h3-11,13H,14-15H2,1-2H3,(H,28,29)/b25-13-. The van der Waals surface area contributed by atoms with E-state index in [-0.39, 0.29) is 11.7 Å². The number of nitrogens with one attached hydrogen (secondary N) is 1. The van der Waals surface area contributed by atoms with Crippen molar-refractivity contribution in [1.82, 2.24) is 15.4 Å². The number of hydrogen-bond donors (Lipinski definition) is 1. The van der Waals surface area contributed by atoms with E-state index in [4.69, 9.17) is 10.00 Å². The maximum absolute atomic E-state index is 12.0.